The van der Waals surface area contributed by atoms with Crippen LogP contribution in [0.2, 0.25) is 0 Å². The quantitative estimate of drug-likeness (QED) is 0.343. The Bertz CT molecular complexity index is 814. The summed E-state index contributed by atoms with van der Waals surface area (Å²) in [7, 11) is 0. The molecule has 0 atom stereocenters. The number of hydrogen-bond donors (Lipinski definition) is 0. The normalized spacial score (nSPS) is 10.9. The third kappa shape index (κ3) is 6.05. The van der Waals surface area contributed by atoms with Gasteiger partial charge in [-0.3, -0.25) is 4.98 Å². The highest BCUT2D eigenvalue weighted by Crippen LogP contribution is 2.19. The lowest BCUT2D eigenvalue weighted by molar-refractivity contribution is 0.667. The summed E-state index contributed by atoms with van der Waals surface area (Å²) in [6, 6.07) is 22.4. The van der Waals surface area contributed by atoms with Gasteiger partial charge in [-0.1, -0.05) is 87.7 Å². The fourth-order valence-corrected chi connectivity index (χ4v) is 3.56. The summed E-state index contributed by atoms with van der Waals surface area (Å²) in [4.78, 5) is 4.58. The summed E-state index contributed by atoms with van der Waals surface area (Å²) >= 11 is 0. The van der Waals surface area contributed by atoms with E-state index in [1.54, 1.807) is 0 Å². The fraction of sp³-hybridized carbons (Fsp3) is 0.370. The van der Waals surface area contributed by atoms with Crippen LogP contribution in [0, 0.1) is 0 Å². The van der Waals surface area contributed by atoms with Crippen LogP contribution in [-0.2, 0) is 25.7 Å². The maximum Gasteiger partial charge on any atom is 0.0702 e. The first-order valence-corrected chi connectivity index (χ1v) is 10.9. The molecule has 3 aromatic rings. The van der Waals surface area contributed by atoms with Crippen LogP contribution >= 0.6 is 0 Å². The zero-order valence-electron chi connectivity index (χ0n) is 17.5. The topological polar surface area (TPSA) is 12.9 Å². The van der Waals surface area contributed by atoms with E-state index in [9.17, 15) is 0 Å². The van der Waals surface area contributed by atoms with Gasteiger partial charge in [0.2, 0.25) is 0 Å². The molecule has 2 aromatic carbocycles. The van der Waals surface area contributed by atoms with E-state index >= 15 is 0 Å². The third-order valence-electron chi connectivity index (χ3n) is 5.53. The number of hydrogen-bond acceptors (Lipinski definition) is 1. The standard InChI is InChI=1S/C27H33N/c1-3-5-6-7-8-23-9-11-24(12-10-23)13-14-25-15-18-26(19-16-25)27-20-17-22(4-2)21-28-27/h9-12,15-21H,3-8,13-14H2,1-2H3. The van der Waals surface area contributed by atoms with E-state index in [-0.39, 0.29) is 0 Å². The summed E-state index contributed by atoms with van der Waals surface area (Å²) in [5.41, 5.74) is 7.83. The number of benzene rings is 2. The van der Waals surface area contributed by atoms with Crippen molar-refractivity contribution in [3.63, 3.8) is 0 Å². The maximum absolute atomic E-state index is 4.58. The average molecular weight is 372 g/mol. The second-order valence-electron chi connectivity index (χ2n) is 7.73. The summed E-state index contributed by atoms with van der Waals surface area (Å²) in [5.74, 6) is 0. The highest BCUT2D eigenvalue weighted by Gasteiger charge is 2.02. The first-order chi connectivity index (χ1) is 13.8. The van der Waals surface area contributed by atoms with Crippen molar-refractivity contribution in [2.45, 2.75) is 65.2 Å². The number of unbranched alkanes of at least 4 members (excludes halogenated alkanes) is 3. The highest BCUT2D eigenvalue weighted by atomic mass is 14.7. The first kappa shape index (κ1) is 20.3. The van der Waals surface area contributed by atoms with Crippen LogP contribution in [-0.4, -0.2) is 4.98 Å². The van der Waals surface area contributed by atoms with Gasteiger partial charge >= 0.3 is 0 Å². The first-order valence-electron chi connectivity index (χ1n) is 10.9. The molecule has 0 aliphatic rings. The number of rotatable bonds is 10. The molecule has 3 rings (SSSR count). The Labute approximate surface area is 170 Å². The monoisotopic (exact) mass is 371 g/mol. The van der Waals surface area contributed by atoms with Crippen LogP contribution < -0.4 is 0 Å². The molecule has 28 heavy (non-hydrogen) atoms. The molecule has 0 saturated carbocycles. The molecular formula is C27H33N. The molecular weight excluding hydrogens is 338 g/mol. The molecule has 146 valence electrons. The van der Waals surface area contributed by atoms with Gasteiger partial charge in [-0.2, -0.15) is 0 Å². The van der Waals surface area contributed by atoms with Crippen LogP contribution in [0.1, 0.15) is 61.8 Å². The average Bonchev–Trinajstić information content (AvgIpc) is 2.76. The van der Waals surface area contributed by atoms with Crippen molar-refractivity contribution in [1.29, 1.82) is 0 Å². The minimum Gasteiger partial charge on any atom is -0.256 e. The molecule has 1 heterocycles. The molecule has 1 heteroatoms. The largest absolute Gasteiger partial charge is 0.256 e. The Morgan fingerprint density at radius 3 is 1.68 bits per heavy atom. The van der Waals surface area contributed by atoms with Gasteiger partial charge < -0.3 is 0 Å². The molecule has 0 saturated heterocycles. The highest BCUT2D eigenvalue weighted by molar-refractivity contribution is 5.59. The van der Waals surface area contributed by atoms with Crippen molar-refractivity contribution in [2.75, 3.05) is 0 Å². The molecule has 1 nitrogen and oxygen atoms in total. The molecule has 0 bridgehead atoms. The summed E-state index contributed by atoms with van der Waals surface area (Å²) in [6.45, 7) is 4.43. The van der Waals surface area contributed by atoms with E-state index in [2.05, 4.69) is 79.5 Å². The van der Waals surface area contributed by atoms with Gasteiger partial charge in [0.15, 0.2) is 0 Å². The molecule has 0 radical (unpaired) electrons. The predicted molar refractivity (Wildman–Crippen MR) is 121 cm³/mol. The molecule has 0 unspecified atom stereocenters. The van der Waals surface area contributed by atoms with E-state index in [1.807, 2.05) is 6.20 Å². The number of aryl methyl sites for hydroxylation is 4. The van der Waals surface area contributed by atoms with Gasteiger partial charge in [0.05, 0.1) is 5.69 Å². The Morgan fingerprint density at radius 1 is 0.571 bits per heavy atom. The summed E-state index contributed by atoms with van der Waals surface area (Å²) in [5, 5.41) is 0. The van der Waals surface area contributed by atoms with Crippen molar-refractivity contribution >= 4 is 0 Å². The molecule has 0 N–H and O–H groups in total. The molecule has 0 aliphatic carbocycles. The van der Waals surface area contributed by atoms with Gasteiger partial charge in [-0.15, -0.1) is 0 Å². The van der Waals surface area contributed by atoms with Crippen LogP contribution in [0.5, 0.6) is 0 Å². The lowest BCUT2D eigenvalue weighted by Gasteiger charge is -2.07. The van der Waals surface area contributed by atoms with Crippen molar-refractivity contribution in [1.82, 2.24) is 4.98 Å². The minimum absolute atomic E-state index is 1.03. The lowest BCUT2D eigenvalue weighted by atomic mass is 10.00. The summed E-state index contributed by atoms with van der Waals surface area (Å²) in [6.07, 6.45) is 11.7. The van der Waals surface area contributed by atoms with E-state index in [0.717, 1.165) is 25.0 Å². The Kier molecular flexibility index (Phi) is 7.84. The van der Waals surface area contributed by atoms with Crippen LogP contribution in [0.15, 0.2) is 66.9 Å². The third-order valence-corrected chi connectivity index (χ3v) is 5.53. The smallest absolute Gasteiger partial charge is 0.0702 e. The second-order valence-corrected chi connectivity index (χ2v) is 7.73. The van der Waals surface area contributed by atoms with E-state index in [1.165, 1.54) is 59.9 Å². The van der Waals surface area contributed by atoms with Gasteiger partial charge in [-0.05, 0) is 60.4 Å². The predicted octanol–water partition coefficient (Wildman–Crippen LogP) is 7.22. The SMILES string of the molecule is CCCCCCc1ccc(CCc2ccc(-c3ccc(CC)cn3)cc2)cc1. The zero-order valence-corrected chi connectivity index (χ0v) is 17.5. The molecule has 0 spiro atoms. The van der Waals surface area contributed by atoms with Gasteiger partial charge in [0.25, 0.3) is 0 Å². The van der Waals surface area contributed by atoms with Crippen molar-refractivity contribution in [3.8, 4) is 11.3 Å². The lowest BCUT2D eigenvalue weighted by Crippen LogP contribution is -1.93. The van der Waals surface area contributed by atoms with Gasteiger partial charge in [-0.25, -0.2) is 0 Å². The Balaban J connectivity index is 1.50. The number of pyridine rings is 1. The number of aromatic nitrogens is 1. The second kappa shape index (κ2) is 10.8. The van der Waals surface area contributed by atoms with Crippen molar-refractivity contribution in [3.05, 3.63) is 89.1 Å². The minimum atomic E-state index is 1.03. The van der Waals surface area contributed by atoms with Crippen LogP contribution in [0.4, 0.5) is 0 Å². The molecule has 0 aliphatic heterocycles. The van der Waals surface area contributed by atoms with E-state index < -0.39 is 0 Å². The van der Waals surface area contributed by atoms with Gasteiger partial charge in [0.1, 0.15) is 0 Å². The van der Waals surface area contributed by atoms with Crippen LogP contribution in [0.3, 0.4) is 0 Å². The molecule has 0 amide bonds. The zero-order chi connectivity index (χ0) is 19.6. The summed E-state index contributed by atoms with van der Waals surface area (Å²) < 4.78 is 0. The van der Waals surface area contributed by atoms with E-state index in [4.69, 9.17) is 0 Å². The van der Waals surface area contributed by atoms with Crippen molar-refractivity contribution < 1.29 is 0 Å². The van der Waals surface area contributed by atoms with Gasteiger partial charge in [0, 0.05) is 11.8 Å². The maximum atomic E-state index is 4.58. The Morgan fingerprint density at radius 2 is 1.14 bits per heavy atom. The van der Waals surface area contributed by atoms with Crippen LogP contribution in [0.25, 0.3) is 11.3 Å². The number of nitrogens with zero attached hydrogens (tertiary/aromatic N) is 1. The Hall–Kier alpha value is -2.41. The fourth-order valence-electron chi connectivity index (χ4n) is 3.56. The van der Waals surface area contributed by atoms with E-state index in [0.29, 0.717) is 0 Å². The van der Waals surface area contributed by atoms with Crippen molar-refractivity contribution in [2.24, 2.45) is 0 Å². The molecule has 1 aromatic heterocycles. The molecule has 0 fully saturated rings.